The number of aryl methyl sites for hydroxylation is 2. The van der Waals surface area contributed by atoms with Gasteiger partial charge in [0.05, 0.1) is 18.7 Å². The molecule has 3 rings (SSSR count). The minimum Gasteiger partial charge on any atom is -0.507 e. The number of unbranched alkanes of at least 4 members (excludes halogenated alkanes) is 1. The molecule has 6 heteroatoms. The molecule has 0 bridgehead atoms. The lowest BCUT2D eigenvalue weighted by Crippen LogP contribution is -2.30. The van der Waals surface area contributed by atoms with Gasteiger partial charge in [0.1, 0.15) is 11.5 Å². The maximum atomic E-state index is 13.0. The normalized spacial score (nSPS) is 18.2. The summed E-state index contributed by atoms with van der Waals surface area (Å²) >= 11 is 6.04. The number of aliphatic hydroxyl groups excluding tert-OH is 1. The van der Waals surface area contributed by atoms with Crippen LogP contribution < -0.4 is 4.74 Å². The van der Waals surface area contributed by atoms with Crippen LogP contribution in [0, 0.1) is 13.8 Å². The van der Waals surface area contributed by atoms with Gasteiger partial charge in [0.15, 0.2) is 0 Å². The van der Waals surface area contributed by atoms with Crippen molar-refractivity contribution in [1.29, 1.82) is 0 Å². The number of methoxy groups -OCH3 is 1. The van der Waals surface area contributed by atoms with E-state index in [4.69, 9.17) is 16.3 Å². The highest BCUT2D eigenvalue weighted by Crippen LogP contribution is 2.41. The van der Waals surface area contributed by atoms with E-state index in [9.17, 15) is 14.7 Å². The minimum absolute atomic E-state index is 0.103. The monoisotopic (exact) mass is 427 g/mol. The van der Waals surface area contributed by atoms with Crippen molar-refractivity contribution >= 4 is 29.1 Å². The lowest BCUT2D eigenvalue weighted by molar-refractivity contribution is -0.139. The number of hydrogen-bond acceptors (Lipinski definition) is 4. The molecule has 1 unspecified atom stereocenters. The van der Waals surface area contributed by atoms with Gasteiger partial charge < -0.3 is 14.7 Å². The summed E-state index contributed by atoms with van der Waals surface area (Å²) in [5, 5.41) is 11.8. The molecule has 2 aromatic rings. The van der Waals surface area contributed by atoms with Crippen LogP contribution in [0.3, 0.4) is 0 Å². The molecular weight excluding hydrogens is 402 g/mol. The van der Waals surface area contributed by atoms with E-state index in [1.807, 2.05) is 26.8 Å². The lowest BCUT2D eigenvalue weighted by atomic mass is 9.93. The molecular formula is C24H26ClNO4. The number of likely N-dealkylation sites (tertiary alicyclic amines) is 1. The molecule has 5 nitrogen and oxygen atoms in total. The maximum Gasteiger partial charge on any atom is 0.295 e. The molecule has 1 saturated heterocycles. The highest BCUT2D eigenvalue weighted by atomic mass is 35.5. The van der Waals surface area contributed by atoms with Gasteiger partial charge in [-0.3, -0.25) is 9.59 Å². The van der Waals surface area contributed by atoms with Gasteiger partial charge in [-0.1, -0.05) is 37.1 Å². The molecule has 30 heavy (non-hydrogen) atoms. The third-order valence-electron chi connectivity index (χ3n) is 5.48. The third-order valence-corrected chi connectivity index (χ3v) is 5.73. The molecule has 0 aromatic heterocycles. The number of rotatable bonds is 6. The van der Waals surface area contributed by atoms with Crippen LogP contribution in [-0.4, -0.2) is 35.4 Å². The number of Topliss-reactive ketones (excluding diaryl/α,β-unsaturated/α-hetero) is 1. The van der Waals surface area contributed by atoms with E-state index >= 15 is 0 Å². The van der Waals surface area contributed by atoms with E-state index in [-0.39, 0.29) is 11.3 Å². The number of hydrogen-bond donors (Lipinski definition) is 1. The molecule has 1 aliphatic heterocycles. The number of nitrogens with zero attached hydrogens (tertiary/aromatic N) is 1. The average molecular weight is 428 g/mol. The highest BCUT2D eigenvalue weighted by Gasteiger charge is 2.45. The van der Waals surface area contributed by atoms with Crippen molar-refractivity contribution in [2.75, 3.05) is 13.7 Å². The van der Waals surface area contributed by atoms with Gasteiger partial charge in [-0.25, -0.2) is 0 Å². The quantitative estimate of drug-likeness (QED) is 0.391. The molecule has 1 aliphatic rings. The Hall–Kier alpha value is -2.79. The number of carbonyl (C=O) groups is 2. The van der Waals surface area contributed by atoms with Crippen molar-refractivity contribution < 1.29 is 19.4 Å². The van der Waals surface area contributed by atoms with Crippen molar-refractivity contribution in [3.63, 3.8) is 0 Å². The standard InChI is InChI=1S/C24H26ClNO4/c1-5-6-11-26-21(16-7-9-17(25)10-8-16)20(23(28)24(26)29)22(27)18-12-15(3)19(30-4)13-14(18)2/h7-10,12-13,21,27H,5-6,11H2,1-4H3/b22-20+. The first-order chi connectivity index (χ1) is 14.3. The van der Waals surface area contributed by atoms with Crippen LogP contribution in [-0.2, 0) is 9.59 Å². The molecule has 1 heterocycles. The van der Waals surface area contributed by atoms with Crippen LogP contribution in [0.15, 0.2) is 42.0 Å². The smallest absolute Gasteiger partial charge is 0.295 e. The van der Waals surface area contributed by atoms with E-state index in [0.29, 0.717) is 22.9 Å². The summed E-state index contributed by atoms with van der Waals surface area (Å²) in [7, 11) is 1.58. The number of amides is 1. The second-order valence-electron chi connectivity index (χ2n) is 7.53. The van der Waals surface area contributed by atoms with Crippen molar-refractivity contribution in [1.82, 2.24) is 4.90 Å². The van der Waals surface area contributed by atoms with Gasteiger partial charge in [-0.05, 0) is 61.2 Å². The number of ketones is 1. The summed E-state index contributed by atoms with van der Waals surface area (Å²) in [5.41, 5.74) is 2.93. The van der Waals surface area contributed by atoms with Crippen molar-refractivity contribution in [3.05, 3.63) is 69.2 Å². The Kier molecular flexibility index (Phi) is 6.52. The Morgan fingerprint density at radius 3 is 2.40 bits per heavy atom. The number of benzene rings is 2. The van der Waals surface area contributed by atoms with E-state index < -0.39 is 17.7 Å². The molecule has 0 radical (unpaired) electrons. The molecule has 0 aliphatic carbocycles. The van der Waals surface area contributed by atoms with Gasteiger partial charge in [0.25, 0.3) is 11.7 Å². The van der Waals surface area contributed by atoms with Crippen molar-refractivity contribution in [2.24, 2.45) is 0 Å². The van der Waals surface area contributed by atoms with Crippen LogP contribution in [0.5, 0.6) is 5.75 Å². The number of aliphatic hydroxyl groups is 1. The Bertz CT molecular complexity index is 1010. The van der Waals surface area contributed by atoms with Gasteiger partial charge >= 0.3 is 0 Å². The third kappa shape index (κ3) is 3.94. The van der Waals surface area contributed by atoms with Gasteiger partial charge in [0, 0.05) is 17.1 Å². The zero-order chi connectivity index (χ0) is 22.0. The molecule has 0 spiro atoms. The summed E-state index contributed by atoms with van der Waals surface area (Å²) in [4.78, 5) is 27.4. The van der Waals surface area contributed by atoms with Crippen LogP contribution in [0.25, 0.3) is 5.76 Å². The molecule has 158 valence electrons. The molecule has 1 amide bonds. The maximum absolute atomic E-state index is 13.0. The first-order valence-corrected chi connectivity index (χ1v) is 10.4. The van der Waals surface area contributed by atoms with Gasteiger partial charge in [-0.2, -0.15) is 0 Å². The van der Waals surface area contributed by atoms with E-state index in [1.54, 1.807) is 42.3 Å². The first kappa shape index (κ1) is 21.9. The Balaban J connectivity index is 2.20. The Morgan fingerprint density at radius 1 is 1.13 bits per heavy atom. The summed E-state index contributed by atoms with van der Waals surface area (Å²) in [6, 6.07) is 9.96. The fourth-order valence-corrected chi connectivity index (χ4v) is 3.97. The predicted molar refractivity (Wildman–Crippen MR) is 118 cm³/mol. The van der Waals surface area contributed by atoms with E-state index in [0.717, 1.165) is 29.5 Å². The SMILES string of the molecule is CCCCN1C(=O)C(=O)/C(=C(/O)c2cc(C)c(OC)cc2C)C1c1ccc(Cl)cc1. The van der Waals surface area contributed by atoms with Crippen LogP contribution >= 0.6 is 11.6 Å². The fraction of sp³-hybridized carbons (Fsp3) is 0.333. The summed E-state index contributed by atoms with van der Waals surface area (Å²) < 4.78 is 5.35. The second-order valence-corrected chi connectivity index (χ2v) is 7.97. The summed E-state index contributed by atoms with van der Waals surface area (Å²) in [6.07, 6.45) is 1.64. The minimum atomic E-state index is -0.670. The van der Waals surface area contributed by atoms with Crippen molar-refractivity contribution in [2.45, 2.75) is 39.7 Å². The average Bonchev–Trinajstić information content (AvgIpc) is 2.98. The summed E-state index contributed by atoms with van der Waals surface area (Å²) in [5.74, 6) is -0.735. The molecule has 2 aromatic carbocycles. The van der Waals surface area contributed by atoms with Crippen LogP contribution in [0.2, 0.25) is 5.02 Å². The highest BCUT2D eigenvalue weighted by molar-refractivity contribution is 6.46. The number of halogens is 1. The van der Waals surface area contributed by atoms with E-state index in [1.165, 1.54) is 0 Å². The molecule has 1 N–H and O–H groups in total. The van der Waals surface area contributed by atoms with E-state index in [2.05, 4.69) is 0 Å². The summed E-state index contributed by atoms with van der Waals surface area (Å²) in [6.45, 7) is 6.16. The second kappa shape index (κ2) is 8.92. The largest absolute Gasteiger partial charge is 0.507 e. The van der Waals surface area contributed by atoms with Crippen LogP contribution in [0.1, 0.15) is 48.1 Å². The van der Waals surface area contributed by atoms with Crippen molar-refractivity contribution in [3.8, 4) is 5.75 Å². The predicted octanol–water partition coefficient (Wildman–Crippen LogP) is 5.19. The number of carbonyl (C=O) groups excluding carboxylic acids is 2. The topological polar surface area (TPSA) is 66.8 Å². The molecule has 0 saturated carbocycles. The Morgan fingerprint density at radius 2 is 1.80 bits per heavy atom. The number of ether oxygens (including phenoxy) is 1. The van der Waals surface area contributed by atoms with Gasteiger partial charge in [0.2, 0.25) is 0 Å². The Labute approximate surface area is 181 Å². The first-order valence-electron chi connectivity index (χ1n) is 9.99. The van der Waals surface area contributed by atoms with Gasteiger partial charge in [-0.15, -0.1) is 0 Å². The molecule has 1 fully saturated rings. The fourth-order valence-electron chi connectivity index (χ4n) is 3.84. The lowest BCUT2D eigenvalue weighted by Gasteiger charge is -2.25. The zero-order valence-corrected chi connectivity index (χ0v) is 18.4. The zero-order valence-electron chi connectivity index (χ0n) is 17.7. The molecule has 1 atom stereocenters. The van der Waals surface area contributed by atoms with Crippen LogP contribution in [0.4, 0.5) is 0 Å².